The summed E-state index contributed by atoms with van der Waals surface area (Å²) >= 11 is 0. The first-order chi connectivity index (χ1) is 9.41. The van der Waals surface area contributed by atoms with Crippen molar-refractivity contribution in [3.8, 4) is 0 Å². The molecule has 2 aromatic rings. The third-order valence-corrected chi connectivity index (χ3v) is 4.43. The standard InChI is InChI=1S/C10H15N7O2S/c1-7(10-13-15-16-14-10)12-9-5-4-8(6-11-9)20(18,19)17(2)3/h4-7H,1-3H3,(H,11,12)(H,13,14,15,16). The molecule has 108 valence electrons. The zero-order valence-electron chi connectivity index (χ0n) is 11.3. The predicted molar refractivity (Wildman–Crippen MR) is 71.3 cm³/mol. The number of nitrogens with zero attached hydrogens (tertiary/aromatic N) is 5. The number of aromatic nitrogens is 5. The zero-order valence-corrected chi connectivity index (χ0v) is 12.1. The van der Waals surface area contributed by atoms with E-state index in [1.54, 1.807) is 6.07 Å². The second-order valence-corrected chi connectivity index (χ2v) is 6.45. The number of sulfonamides is 1. The van der Waals surface area contributed by atoms with Crippen LogP contribution < -0.4 is 5.32 Å². The fourth-order valence-electron chi connectivity index (χ4n) is 1.47. The SMILES string of the molecule is CC(Nc1ccc(S(=O)(=O)N(C)C)cn1)c1nn[nH]n1. The van der Waals surface area contributed by atoms with Gasteiger partial charge in [0.1, 0.15) is 10.7 Å². The minimum absolute atomic E-state index is 0.139. The van der Waals surface area contributed by atoms with Crippen LogP contribution in [0.5, 0.6) is 0 Å². The molecule has 0 aliphatic carbocycles. The Bertz CT molecular complexity index is 651. The smallest absolute Gasteiger partial charge is 0.244 e. The van der Waals surface area contributed by atoms with Crippen LogP contribution in [0.4, 0.5) is 5.82 Å². The van der Waals surface area contributed by atoms with Gasteiger partial charge in [-0.1, -0.05) is 5.21 Å². The Labute approximate surface area is 116 Å². The molecule has 20 heavy (non-hydrogen) atoms. The molecule has 0 aliphatic rings. The van der Waals surface area contributed by atoms with Crippen LogP contribution in [-0.4, -0.2) is 52.4 Å². The molecule has 0 aromatic carbocycles. The van der Waals surface area contributed by atoms with Crippen LogP contribution in [0.25, 0.3) is 0 Å². The first kappa shape index (κ1) is 14.3. The molecule has 9 nitrogen and oxygen atoms in total. The largest absolute Gasteiger partial charge is 0.360 e. The molecule has 0 radical (unpaired) electrons. The van der Waals surface area contributed by atoms with Gasteiger partial charge < -0.3 is 5.32 Å². The highest BCUT2D eigenvalue weighted by Gasteiger charge is 2.18. The van der Waals surface area contributed by atoms with Gasteiger partial charge in [0.25, 0.3) is 0 Å². The van der Waals surface area contributed by atoms with Gasteiger partial charge in [-0.25, -0.2) is 17.7 Å². The van der Waals surface area contributed by atoms with E-state index in [1.807, 2.05) is 6.92 Å². The maximum Gasteiger partial charge on any atom is 0.244 e. The van der Waals surface area contributed by atoms with Crippen molar-refractivity contribution in [3.63, 3.8) is 0 Å². The Hall–Kier alpha value is -2.07. The summed E-state index contributed by atoms with van der Waals surface area (Å²) in [6.45, 7) is 1.84. The van der Waals surface area contributed by atoms with E-state index in [2.05, 4.69) is 30.9 Å². The molecule has 0 amide bonds. The number of nitrogens with one attached hydrogen (secondary N) is 2. The Morgan fingerprint density at radius 1 is 1.35 bits per heavy atom. The zero-order chi connectivity index (χ0) is 14.8. The molecule has 10 heteroatoms. The van der Waals surface area contributed by atoms with Crippen molar-refractivity contribution in [1.82, 2.24) is 29.9 Å². The molecule has 1 atom stereocenters. The lowest BCUT2D eigenvalue weighted by molar-refractivity contribution is 0.520. The fourth-order valence-corrected chi connectivity index (χ4v) is 2.32. The molecule has 0 aliphatic heterocycles. The van der Waals surface area contributed by atoms with Crippen molar-refractivity contribution in [1.29, 1.82) is 0 Å². The van der Waals surface area contributed by atoms with Crippen LogP contribution in [0, 0.1) is 0 Å². The molecule has 2 heterocycles. The minimum Gasteiger partial charge on any atom is -0.360 e. The molecule has 2 rings (SSSR count). The maximum atomic E-state index is 11.9. The van der Waals surface area contributed by atoms with E-state index >= 15 is 0 Å². The fraction of sp³-hybridized carbons (Fsp3) is 0.400. The molecule has 0 bridgehead atoms. The van der Waals surface area contributed by atoms with E-state index in [0.29, 0.717) is 11.6 Å². The van der Waals surface area contributed by atoms with Gasteiger partial charge in [-0.15, -0.1) is 10.2 Å². The van der Waals surface area contributed by atoms with E-state index in [-0.39, 0.29) is 10.9 Å². The number of anilines is 1. The monoisotopic (exact) mass is 297 g/mol. The van der Waals surface area contributed by atoms with Crippen LogP contribution in [0.15, 0.2) is 23.2 Å². The summed E-state index contributed by atoms with van der Waals surface area (Å²) in [6, 6.07) is 2.89. The topological polar surface area (TPSA) is 117 Å². The predicted octanol–water partition coefficient (Wildman–Crippen LogP) is 0.0181. The van der Waals surface area contributed by atoms with E-state index < -0.39 is 10.0 Å². The van der Waals surface area contributed by atoms with Crippen LogP contribution in [0.1, 0.15) is 18.8 Å². The van der Waals surface area contributed by atoms with Crippen molar-refractivity contribution in [2.75, 3.05) is 19.4 Å². The van der Waals surface area contributed by atoms with Crippen LogP contribution in [-0.2, 0) is 10.0 Å². The van der Waals surface area contributed by atoms with Gasteiger partial charge in [-0.3, -0.25) is 0 Å². The van der Waals surface area contributed by atoms with Gasteiger partial charge in [0, 0.05) is 20.3 Å². The highest BCUT2D eigenvalue weighted by atomic mass is 32.2. The van der Waals surface area contributed by atoms with Crippen LogP contribution >= 0.6 is 0 Å². The van der Waals surface area contributed by atoms with E-state index in [4.69, 9.17) is 0 Å². The molecule has 0 spiro atoms. The summed E-state index contributed by atoms with van der Waals surface area (Å²) in [4.78, 5) is 4.21. The van der Waals surface area contributed by atoms with Gasteiger partial charge >= 0.3 is 0 Å². The second kappa shape index (κ2) is 5.51. The summed E-state index contributed by atoms with van der Waals surface area (Å²) in [7, 11) is -0.518. The third-order valence-electron chi connectivity index (χ3n) is 2.63. The van der Waals surface area contributed by atoms with Crippen molar-refractivity contribution in [2.45, 2.75) is 17.9 Å². The molecule has 0 saturated carbocycles. The quantitative estimate of drug-likeness (QED) is 0.798. The molecular weight excluding hydrogens is 282 g/mol. The van der Waals surface area contributed by atoms with E-state index in [1.165, 1.54) is 26.4 Å². The second-order valence-electron chi connectivity index (χ2n) is 4.30. The van der Waals surface area contributed by atoms with Crippen molar-refractivity contribution in [3.05, 3.63) is 24.2 Å². The number of pyridine rings is 1. The minimum atomic E-state index is -3.46. The van der Waals surface area contributed by atoms with Crippen LogP contribution in [0.3, 0.4) is 0 Å². The molecular formula is C10H15N7O2S. The van der Waals surface area contributed by atoms with Gasteiger partial charge in [-0.05, 0) is 19.1 Å². The summed E-state index contributed by atoms with van der Waals surface area (Å²) in [6.07, 6.45) is 1.31. The van der Waals surface area contributed by atoms with Gasteiger partial charge in [0.05, 0.1) is 6.04 Å². The number of hydrogen-bond acceptors (Lipinski definition) is 7. The van der Waals surface area contributed by atoms with Crippen LogP contribution in [0.2, 0.25) is 0 Å². The number of rotatable bonds is 5. The first-order valence-electron chi connectivity index (χ1n) is 5.79. The normalized spacial score (nSPS) is 13.4. The highest BCUT2D eigenvalue weighted by molar-refractivity contribution is 7.89. The average molecular weight is 297 g/mol. The Morgan fingerprint density at radius 2 is 2.10 bits per heavy atom. The number of hydrogen-bond donors (Lipinski definition) is 2. The van der Waals surface area contributed by atoms with Crippen molar-refractivity contribution in [2.24, 2.45) is 0 Å². The lowest BCUT2D eigenvalue weighted by atomic mass is 10.3. The van der Waals surface area contributed by atoms with Gasteiger partial charge in [-0.2, -0.15) is 5.21 Å². The van der Waals surface area contributed by atoms with E-state index in [0.717, 1.165) is 4.31 Å². The summed E-state index contributed by atoms with van der Waals surface area (Å²) < 4.78 is 24.9. The molecule has 1 unspecified atom stereocenters. The third kappa shape index (κ3) is 2.91. The van der Waals surface area contributed by atoms with E-state index in [9.17, 15) is 8.42 Å². The summed E-state index contributed by atoms with van der Waals surface area (Å²) in [5.41, 5.74) is 0. The number of tetrazole rings is 1. The van der Waals surface area contributed by atoms with Gasteiger partial charge in [0.2, 0.25) is 10.0 Å². The Kier molecular flexibility index (Phi) is 3.95. The molecule has 2 aromatic heterocycles. The van der Waals surface area contributed by atoms with Gasteiger partial charge in [0.15, 0.2) is 5.82 Å². The molecule has 2 N–H and O–H groups in total. The lowest BCUT2D eigenvalue weighted by Crippen LogP contribution is -2.22. The Morgan fingerprint density at radius 3 is 2.60 bits per heavy atom. The molecule has 0 fully saturated rings. The van der Waals surface area contributed by atoms with Crippen molar-refractivity contribution < 1.29 is 8.42 Å². The molecule has 0 saturated heterocycles. The number of aromatic amines is 1. The maximum absolute atomic E-state index is 11.9. The average Bonchev–Trinajstić information content (AvgIpc) is 2.93. The highest BCUT2D eigenvalue weighted by Crippen LogP contribution is 2.17. The summed E-state index contributed by atoms with van der Waals surface area (Å²) in [5, 5.41) is 16.6. The number of H-pyrrole nitrogens is 1. The van der Waals surface area contributed by atoms with Crippen molar-refractivity contribution >= 4 is 15.8 Å². The first-order valence-corrected chi connectivity index (χ1v) is 7.23. The summed E-state index contributed by atoms with van der Waals surface area (Å²) in [5.74, 6) is 1.02. The lowest BCUT2D eigenvalue weighted by Gasteiger charge is -2.13. The Balaban J connectivity index is 2.13.